The zero-order valence-corrected chi connectivity index (χ0v) is 36.1. The molecular formula is C43H52Cl2N8O7. The molecule has 3 aliphatic rings. The molecule has 1 aliphatic carbocycles. The fraction of sp³-hybridized carbons (Fsp3) is 0.488. The number of aromatic nitrogens is 4. The van der Waals surface area contributed by atoms with Gasteiger partial charge in [0.1, 0.15) is 45.4 Å². The van der Waals surface area contributed by atoms with Gasteiger partial charge < -0.3 is 44.6 Å². The molecule has 4 N–H and O–H groups in total. The van der Waals surface area contributed by atoms with Gasteiger partial charge in [0.25, 0.3) is 0 Å². The molecule has 3 fully saturated rings. The van der Waals surface area contributed by atoms with Crippen molar-refractivity contribution in [2.75, 3.05) is 27.4 Å². The summed E-state index contributed by atoms with van der Waals surface area (Å²) >= 11 is 13.5. The first-order chi connectivity index (χ1) is 28.8. The topological polar surface area (TPSA) is 184 Å². The second-order valence-corrected chi connectivity index (χ2v) is 16.7. The van der Waals surface area contributed by atoms with Crippen molar-refractivity contribution in [1.29, 1.82) is 0 Å². The van der Waals surface area contributed by atoms with E-state index in [-0.39, 0.29) is 35.9 Å². The van der Waals surface area contributed by atoms with Crippen molar-refractivity contribution >= 4 is 47.2 Å². The number of halogens is 2. The molecule has 15 nitrogen and oxygen atoms in total. The molecule has 2 aromatic carbocycles. The normalized spacial score (nSPS) is 20.2. The van der Waals surface area contributed by atoms with Gasteiger partial charge in [-0.25, -0.2) is 19.6 Å². The van der Waals surface area contributed by atoms with Gasteiger partial charge in [-0.2, -0.15) is 0 Å². The molecule has 17 heteroatoms. The number of ether oxygens (including phenoxy) is 3. The molecule has 4 aromatic rings. The smallest absolute Gasteiger partial charge is 0.407 e. The summed E-state index contributed by atoms with van der Waals surface area (Å²) < 4.78 is 15.1. The van der Waals surface area contributed by atoms with Crippen molar-refractivity contribution in [3.63, 3.8) is 0 Å². The van der Waals surface area contributed by atoms with Gasteiger partial charge in [0.15, 0.2) is 0 Å². The molecule has 0 bridgehead atoms. The SMILES string of the molecule is CC[C@@H](c1nc(-c2ccc(-c3ccc(-c4nc([C@@H]5C[C@H]6CC6N5C(=O)[C@H](C)NC(=O)OC)[nH]c4Cl)cc3)cc2)c(Cl)[nH]1)N(C(=O)[C@@H](NC(=O)OC)C1CCOCC1)C(C)C. The number of H-pyrrole nitrogens is 2. The third kappa shape index (κ3) is 8.84. The number of aromatic amines is 2. The van der Waals surface area contributed by atoms with Crippen molar-refractivity contribution < 1.29 is 33.4 Å². The molecule has 2 aromatic heterocycles. The number of piperidine rings is 1. The quantitative estimate of drug-likeness (QED) is 0.105. The molecule has 1 unspecified atom stereocenters. The fourth-order valence-corrected chi connectivity index (χ4v) is 9.18. The Morgan fingerprint density at radius 2 is 1.38 bits per heavy atom. The highest BCUT2D eigenvalue weighted by atomic mass is 35.5. The number of fused-ring (bicyclic) bond motifs is 1. The first-order valence-electron chi connectivity index (χ1n) is 20.5. The highest BCUT2D eigenvalue weighted by Crippen LogP contribution is 2.53. The summed E-state index contributed by atoms with van der Waals surface area (Å²) in [6, 6.07) is 13.5. The van der Waals surface area contributed by atoms with Crippen LogP contribution in [0.15, 0.2) is 48.5 Å². The maximum absolute atomic E-state index is 14.3. The lowest BCUT2D eigenvalue weighted by Gasteiger charge is -2.39. The van der Waals surface area contributed by atoms with Crippen LogP contribution < -0.4 is 10.6 Å². The van der Waals surface area contributed by atoms with Crippen molar-refractivity contribution in [2.24, 2.45) is 11.8 Å². The number of likely N-dealkylation sites (tertiary alicyclic amines) is 1. The van der Waals surface area contributed by atoms with E-state index in [1.807, 2.05) is 74.2 Å². The van der Waals surface area contributed by atoms with Crippen molar-refractivity contribution in [3.05, 3.63) is 70.5 Å². The molecule has 2 aliphatic heterocycles. The number of benzene rings is 2. The van der Waals surface area contributed by atoms with Crippen LogP contribution in [-0.2, 0) is 23.8 Å². The number of rotatable bonds is 13. The average molecular weight is 864 g/mol. The molecule has 0 spiro atoms. The van der Waals surface area contributed by atoms with Crippen LogP contribution in [-0.4, -0.2) is 105 Å². The Kier molecular flexibility index (Phi) is 13.1. The number of nitrogens with zero attached hydrogens (tertiary/aromatic N) is 4. The minimum Gasteiger partial charge on any atom is -0.453 e. The number of hydrogen-bond donors (Lipinski definition) is 4. The Morgan fingerprint density at radius 3 is 1.95 bits per heavy atom. The summed E-state index contributed by atoms with van der Waals surface area (Å²) in [5, 5.41) is 6.13. The van der Waals surface area contributed by atoms with Gasteiger partial charge in [-0.05, 0) is 75.8 Å². The fourth-order valence-electron chi connectivity index (χ4n) is 8.68. The van der Waals surface area contributed by atoms with Crippen LogP contribution in [0.1, 0.15) is 83.5 Å². The minimum absolute atomic E-state index is 0.100. The number of imidazole rings is 2. The third-order valence-corrected chi connectivity index (χ3v) is 12.4. The Morgan fingerprint density at radius 1 is 0.833 bits per heavy atom. The van der Waals surface area contributed by atoms with E-state index < -0.39 is 30.3 Å². The summed E-state index contributed by atoms with van der Waals surface area (Å²) in [4.78, 5) is 71.8. The first-order valence-corrected chi connectivity index (χ1v) is 21.2. The highest BCUT2D eigenvalue weighted by Gasteiger charge is 2.56. The molecular weight excluding hydrogens is 811 g/mol. The molecule has 7 rings (SSSR count). The summed E-state index contributed by atoms with van der Waals surface area (Å²) in [6.45, 7) is 8.57. The molecule has 60 heavy (non-hydrogen) atoms. The van der Waals surface area contributed by atoms with Gasteiger partial charge in [-0.3, -0.25) is 9.59 Å². The largest absolute Gasteiger partial charge is 0.453 e. The van der Waals surface area contributed by atoms with E-state index in [0.29, 0.717) is 71.7 Å². The monoisotopic (exact) mass is 862 g/mol. The van der Waals surface area contributed by atoms with Gasteiger partial charge in [0.05, 0.1) is 26.3 Å². The number of carbonyl (C=O) groups excluding carboxylic acids is 4. The van der Waals surface area contributed by atoms with E-state index in [9.17, 15) is 19.2 Å². The van der Waals surface area contributed by atoms with Gasteiger partial charge in [0, 0.05) is 36.4 Å². The number of nitrogens with one attached hydrogen (secondary N) is 4. The molecule has 2 saturated heterocycles. The second kappa shape index (κ2) is 18.2. The highest BCUT2D eigenvalue weighted by molar-refractivity contribution is 6.32. The molecule has 1 saturated carbocycles. The summed E-state index contributed by atoms with van der Waals surface area (Å²) in [5.74, 6) is 1.07. The van der Waals surface area contributed by atoms with Gasteiger partial charge >= 0.3 is 12.2 Å². The standard InChI is InChI=1S/C43H52Cl2N8O7/c1-7-30(52(22(2)3)41(55)35(49-43(57)59-6)28-16-18-60-19-17-28)38-47-33(36(44)50-38)26-12-8-24(9-13-26)25-10-14-27(15-11-25)34-37(45)51-39(48-34)32-21-29-20-31(29)53(32)40(54)23(4)46-42(56)58-5/h8-15,22-23,28-32,35H,7,16-21H2,1-6H3,(H,46,56)(H,47,50)(H,48,51)(H,49,57)/t23-,29+,30-,31?,32-,35-/m0/s1. The van der Waals surface area contributed by atoms with Crippen LogP contribution in [0.4, 0.5) is 9.59 Å². The van der Waals surface area contributed by atoms with E-state index >= 15 is 0 Å². The lowest BCUT2D eigenvalue weighted by Crippen LogP contribution is -2.55. The lowest BCUT2D eigenvalue weighted by atomic mass is 9.90. The molecule has 4 heterocycles. The molecule has 6 atom stereocenters. The number of carbonyl (C=O) groups is 4. The van der Waals surface area contributed by atoms with E-state index in [4.69, 9.17) is 42.6 Å². The maximum atomic E-state index is 14.3. The number of amides is 4. The van der Waals surface area contributed by atoms with Gasteiger partial charge in [-0.15, -0.1) is 0 Å². The van der Waals surface area contributed by atoms with Gasteiger partial charge in [-0.1, -0.05) is 78.7 Å². The van der Waals surface area contributed by atoms with E-state index in [1.165, 1.54) is 14.2 Å². The van der Waals surface area contributed by atoms with Crippen LogP contribution in [0.5, 0.6) is 0 Å². The summed E-state index contributed by atoms with van der Waals surface area (Å²) in [7, 11) is 2.55. The summed E-state index contributed by atoms with van der Waals surface area (Å²) in [6.07, 6.45) is 2.23. The van der Waals surface area contributed by atoms with E-state index in [0.717, 1.165) is 35.1 Å². The third-order valence-electron chi connectivity index (χ3n) is 11.9. The molecule has 4 amide bonds. The predicted molar refractivity (Wildman–Crippen MR) is 226 cm³/mol. The number of hydrogen-bond acceptors (Lipinski definition) is 9. The molecule has 320 valence electrons. The minimum atomic E-state index is -0.781. The Labute approximate surface area is 359 Å². The Balaban J connectivity index is 1.06. The van der Waals surface area contributed by atoms with E-state index in [1.54, 1.807) is 11.8 Å². The lowest BCUT2D eigenvalue weighted by molar-refractivity contribution is -0.140. The van der Waals surface area contributed by atoms with Crippen molar-refractivity contribution in [2.45, 2.75) is 96.1 Å². The number of methoxy groups -OCH3 is 2. The van der Waals surface area contributed by atoms with Crippen LogP contribution in [0, 0.1) is 11.8 Å². The van der Waals surface area contributed by atoms with Gasteiger partial charge in [0.2, 0.25) is 11.8 Å². The zero-order valence-electron chi connectivity index (χ0n) is 34.6. The van der Waals surface area contributed by atoms with Crippen LogP contribution in [0.3, 0.4) is 0 Å². The summed E-state index contributed by atoms with van der Waals surface area (Å²) in [5.41, 5.74) is 4.72. The first kappa shape index (κ1) is 43.0. The van der Waals surface area contributed by atoms with Crippen molar-refractivity contribution in [3.8, 4) is 33.6 Å². The average Bonchev–Trinajstić information content (AvgIpc) is 3.52. The zero-order chi connectivity index (χ0) is 42.8. The van der Waals surface area contributed by atoms with E-state index in [2.05, 4.69) is 25.3 Å². The van der Waals surface area contributed by atoms with Crippen LogP contribution >= 0.6 is 23.2 Å². The maximum Gasteiger partial charge on any atom is 0.407 e. The Bertz CT molecular complexity index is 2190. The predicted octanol–water partition coefficient (Wildman–Crippen LogP) is 7.69. The Hall–Kier alpha value is -5.12. The number of alkyl carbamates (subject to hydrolysis) is 2. The van der Waals surface area contributed by atoms with Crippen molar-refractivity contribution in [1.82, 2.24) is 40.4 Å². The molecule has 0 radical (unpaired) electrons. The van der Waals surface area contributed by atoms with Crippen LogP contribution in [0.25, 0.3) is 33.6 Å². The van der Waals surface area contributed by atoms with Crippen LogP contribution in [0.2, 0.25) is 10.3 Å². The second-order valence-electron chi connectivity index (χ2n) is 16.0.